The number of benzene rings is 1. The molecular weight excluding hydrogens is 314 g/mol. The van der Waals surface area contributed by atoms with Crippen LogP contribution in [-0.2, 0) is 27.4 Å². The number of methoxy groups -OCH3 is 1. The lowest BCUT2D eigenvalue weighted by Crippen LogP contribution is -2.18. The molecule has 0 aliphatic heterocycles. The molecule has 0 saturated heterocycles. The maximum atomic E-state index is 12.0. The normalized spacial score (nSPS) is 10.1. The van der Waals surface area contributed by atoms with Gasteiger partial charge in [0, 0.05) is 19.0 Å². The smallest absolute Gasteiger partial charge is 0.374 e. The van der Waals surface area contributed by atoms with Crippen LogP contribution in [0.15, 0.2) is 41.0 Å². The number of hydrogen-bond donors (Lipinski definition) is 1. The van der Waals surface area contributed by atoms with Gasteiger partial charge in [0.05, 0.1) is 18.9 Å². The van der Waals surface area contributed by atoms with Gasteiger partial charge in [0.2, 0.25) is 11.7 Å². The Bertz CT molecular complexity index is 732. The summed E-state index contributed by atoms with van der Waals surface area (Å²) >= 11 is 0. The Kier molecular flexibility index (Phi) is 5.73. The zero-order valence-corrected chi connectivity index (χ0v) is 13.3. The minimum Gasteiger partial charge on any atom is -0.463 e. The van der Waals surface area contributed by atoms with E-state index in [2.05, 4.69) is 10.1 Å². The Morgan fingerprint density at radius 1 is 1.08 bits per heavy atom. The molecule has 0 bridgehead atoms. The summed E-state index contributed by atoms with van der Waals surface area (Å²) in [5.41, 5.74) is 1.66. The minimum atomic E-state index is -0.631. The highest BCUT2D eigenvalue weighted by Gasteiger charge is 2.17. The Balaban J connectivity index is 1.94. The summed E-state index contributed by atoms with van der Waals surface area (Å²) in [4.78, 5) is 34.4. The van der Waals surface area contributed by atoms with Crippen molar-refractivity contribution in [2.24, 2.45) is 0 Å². The first-order chi connectivity index (χ1) is 11.5. The van der Waals surface area contributed by atoms with Crippen molar-refractivity contribution < 1.29 is 28.3 Å². The van der Waals surface area contributed by atoms with Crippen molar-refractivity contribution in [2.45, 2.75) is 20.1 Å². The van der Waals surface area contributed by atoms with Crippen LogP contribution in [0.1, 0.15) is 39.0 Å². The van der Waals surface area contributed by atoms with Crippen LogP contribution in [0.5, 0.6) is 0 Å². The minimum absolute atomic E-state index is 0.0101. The lowest BCUT2D eigenvalue weighted by atomic mass is 10.1. The van der Waals surface area contributed by atoms with Crippen molar-refractivity contribution >= 4 is 17.8 Å². The summed E-state index contributed by atoms with van der Waals surface area (Å²) in [6.07, 6.45) is 1.33. The number of rotatable bonds is 6. The molecule has 1 amide bonds. The van der Waals surface area contributed by atoms with Crippen molar-refractivity contribution in [1.82, 2.24) is 5.32 Å². The SMILES string of the molecule is COC(=O)c1occc1COC(=O)c1ccc(CNC(C)=O)cc1. The Hall–Kier alpha value is -3.09. The fourth-order valence-corrected chi connectivity index (χ4v) is 1.93. The van der Waals surface area contributed by atoms with Crippen LogP contribution >= 0.6 is 0 Å². The van der Waals surface area contributed by atoms with E-state index in [4.69, 9.17) is 9.15 Å². The molecule has 0 spiro atoms. The molecule has 0 atom stereocenters. The molecule has 7 nitrogen and oxygen atoms in total. The number of hydrogen-bond acceptors (Lipinski definition) is 6. The average molecular weight is 331 g/mol. The van der Waals surface area contributed by atoms with E-state index in [1.807, 2.05) is 0 Å². The maximum Gasteiger partial charge on any atom is 0.374 e. The highest BCUT2D eigenvalue weighted by atomic mass is 16.5. The van der Waals surface area contributed by atoms with E-state index in [1.165, 1.54) is 26.4 Å². The highest BCUT2D eigenvalue weighted by molar-refractivity contribution is 5.90. The summed E-state index contributed by atoms with van der Waals surface area (Å²) < 4.78 is 14.8. The summed E-state index contributed by atoms with van der Waals surface area (Å²) in [6.45, 7) is 1.72. The van der Waals surface area contributed by atoms with Gasteiger partial charge < -0.3 is 19.2 Å². The monoisotopic (exact) mass is 331 g/mol. The van der Waals surface area contributed by atoms with E-state index < -0.39 is 11.9 Å². The van der Waals surface area contributed by atoms with Gasteiger partial charge in [-0.15, -0.1) is 0 Å². The van der Waals surface area contributed by atoms with Gasteiger partial charge >= 0.3 is 11.9 Å². The van der Waals surface area contributed by atoms with Crippen LogP contribution < -0.4 is 5.32 Å². The Labute approximate surface area is 138 Å². The molecule has 1 aromatic carbocycles. The summed E-state index contributed by atoms with van der Waals surface area (Å²) in [7, 11) is 1.24. The van der Waals surface area contributed by atoms with Crippen molar-refractivity contribution in [3.63, 3.8) is 0 Å². The van der Waals surface area contributed by atoms with Crippen molar-refractivity contribution in [3.05, 3.63) is 59.0 Å². The van der Waals surface area contributed by atoms with E-state index in [0.29, 0.717) is 17.7 Å². The van der Waals surface area contributed by atoms with E-state index in [9.17, 15) is 14.4 Å². The van der Waals surface area contributed by atoms with Gasteiger partial charge in [0.15, 0.2) is 0 Å². The number of carbonyl (C=O) groups excluding carboxylic acids is 3. The van der Waals surface area contributed by atoms with Crippen LogP contribution in [0.3, 0.4) is 0 Å². The number of furan rings is 1. The molecule has 0 radical (unpaired) electrons. The highest BCUT2D eigenvalue weighted by Crippen LogP contribution is 2.14. The molecule has 1 N–H and O–H groups in total. The quantitative estimate of drug-likeness (QED) is 0.814. The molecule has 0 aliphatic carbocycles. The molecular formula is C17H17NO6. The second-order valence-electron chi connectivity index (χ2n) is 4.95. The third-order valence-electron chi connectivity index (χ3n) is 3.21. The third-order valence-corrected chi connectivity index (χ3v) is 3.21. The standard InChI is InChI=1S/C17H17NO6/c1-11(19)18-9-12-3-5-13(6-4-12)16(20)24-10-14-7-8-23-15(14)17(21)22-2/h3-8H,9-10H2,1-2H3,(H,18,19). The van der Waals surface area contributed by atoms with Crippen LogP contribution in [0, 0.1) is 0 Å². The van der Waals surface area contributed by atoms with Crippen LogP contribution in [0.25, 0.3) is 0 Å². The molecule has 2 aromatic rings. The molecule has 126 valence electrons. The van der Waals surface area contributed by atoms with E-state index in [-0.39, 0.29) is 18.3 Å². The first kappa shape index (κ1) is 17.3. The molecule has 1 aromatic heterocycles. The molecule has 0 fully saturated rings. The van der Waals surface area contributed by atoms with Gasteiger partial charge in [-0.2, -0.15) is 0 Å². The first-order valence-electron chi connectivity index (χ1n) is 7.16. The second-order valence-corrected chi connectivity index (χ2v) is 4.95. The molecule has 0 aliphatic rings. The first-order valence-corrected chi connectivity index (χ1v) is 7.16. The van der Waals surface area contributed by atoms with E-state index >= 15 is 0 Å². The summed E-state index contributed by atoms with van der Waals surface area (Å²) in [5, 5.41) is 2.67. The van der Waals surface area contributed by atoms with Gasteiger partial charge in [-0.05, 0) is 23.8 Å². The van der Waals surface area contributed by atoms with Crippen LogP contribution in [0.2, 0.25) is 0 Å². The number of ether oxygens (including phenoxy) is 2. The molecule has 7 heteroatoms. The summed E-state index contributed by atoms with van der Waals surface area (Å²) in [5.74, 6) is -1.28. The van der Waals surface area contributed by atoms with Gasteiger partial charge in [-0.1, -0.05) is 12.1 Å². The van der Waals surface area contributed by atoms with Crippen molar-refractivity contribution in [2.75, 3.05) is 7.11 Å². The molecule has 1 heterocycles. The maximum absolute atomic E-state index is 12.0. The average Bonchev–Trinajstić information content (AvgIpc) is 3.06. The van der Waals surface area contributed by atoms with Gasteiger partial charge in [0.25, 0.3) is 0 Å². The Morgan fingerprint density at radius 3 is 2.42 bits per heavy atom. The van der Waals surface area contributed by atoms with Crippen molar-refractivity contribution in [1.29, 1.82) is 0 Å². The molecule has 0 unspecified atom stereocenters. The van der Waals surface area contributed by atoms with E-state index in [0.717, 1.165) is 5.56 Å². The van der Waals surface area contributed by atoms with Crippen LogP contribution in [-0.4, -0.2) is 25.0 Å². The summed E-state index contributed by atoms with van der Waals surface area (Å²) in [6, 6.07) is 8.21. The number of nitrogens with one attached hydrogen (secondary N) is 1. The Morgan fingerprint density at radius 2 is 1.79 bits per heavy atom. The predicted octanol–water partition coefficient (Wildman–Crippen LogP) is 2.06. The zero-order chi connectivity index (χ0) is 17.5. The van der Waals surface area contributed by atoms with Gasteiger partial charge in [-0.25, -0.2) is 9.59 Å². The zero-order valence-electron chi connectivity index (χ0n) is 13.3. The molecule has 24 heavy (non-hydrogen) atoms. The van der Waals surface area contributed by atoms with E-state index in [1.54, 1.807) is 24.3 Å². The van der Waals surface area contributed by atoms with Crippen molar-refractivity contribution in [3.8, 4) is 0 Å². The predicted molar refractivity (Wildman–Crippen MR) is 83.1 cm³/mol. The third kappa shape index (κ3) is 4.45. The fourth-order valence-electron chi connectivity index (χ4n) is 1.93. The lowest BCUT2D eigenvalue weighted by molar-refractivity contribution is -0.119. The molecule has 0 saturated carbocycles. The topological polar surface area (TPSA) is 94.8 Å². The number of carbonyl (C=O) groups is 3. The van der Waals surface area contributed by atoms with Crippen LogP contribution in [0.4, 0.5) is 0 Å². The van der Waals surface area contributed by atoms with Gasteiger partial charge in [0.1, 0.15) is 6.61 Å². The number of esters is 2. The fraction of sp³-hybridized carbons (Fsp3) is 0.235. The number of amides is 1. The molecule has 2 rings (SSSR count). The lowest BCUT2D eigenvalue weighted by Gasteiger charge is -2.06. The largest absolute Gasteiger partial charge is 0.463 e. The van der Waals surface area contributed by atoms with Gasteiger partial charge in [-0.3, -0.25) is 4.79 Å². The second kappa shape index (κ2) is 7.96.